The molecule has 0 aromatic heterocycles. The number of ether oxygens (including phenoxy) is 3. The minimum absolute atomic E-state index is 0.00245. The molecular formula is C17H22F3NO5S. The Hall–Kier alpha value is -2.10. The van der Waals surface area contributed by atoms with E-state index >= 15 is 0 Å². The molecule has 0 bridgehead atoms. The van der Waals surface area contributed by atoms with Crippen molar-refractivity contribution >= 4 is 23.6 Å². The average Bonchev–Trinajstić information content (AvgIpc) is 2.59. The predicted molar refractivity (Wildman–Crippen MR) is 94.6 cm³/mol. The smallest absolute Gasteiger partial charge is 0.491 e. The maximum Gasteiger partial charge on any atom is 0.491 e. The third-order valence-electron chi connectivity index (χ3n) is 3.30. The first-order chi connectivity index (χ1) is 12.6. The van der Waals surface area contributed by atoms with Gasteiger partial charge in [-0.1, -0.05) is 6.92 Å². The van der Waals surface area contributed by atoms with E-state index < -0.39 is 12.1 Å². The van der Waals surface area contributed by atoms with Crippen LogP contribution >= 0.6 is 11.8 Å². The van der Waals surface area contributed by atoms with Crippen LogP contribution in [0.4, 0.5) is 13.2 Å². The van der Waals surface area contributed by atoms with Crippen molar-refractivity contribution in [1.29, 1.82) is 0 Å². The molecule has 6 nitrogen and oxygen atoms in total. The van der Waals surface area contributed by atoms with Crippen LogP contribution in [-0.4, -0.2) is 44.6 Å². The Kier molecular flexibility index (Phi) is 8.74. The van der Waals surface area contributed by atoms with Crippen molar-refractivity contribution < 1.29 is 37.0 Å². The number of carbonyl (C=O) groups is 2. The molecule has 0 fully saturated rings. The molecule has 152 valence electrons. The summed E-state index contributed by atoms with van der Waals surface area (Å²) in [5.74, 6) is -2.11. The molecule has 0 aliphatic carbocycles. The molecule has 0 saturated heterocycles. The van der Waals surface area contributed by atoms with E-state index in [4.69, 9.17) is 9.47 Å². The Morgan fingerprint density at radius 1 is 1.19 bits per heavy atom. The van der Waals surface area contributed by atoms with Crippen LogP contribution in [0.1, 0.15) is 25.8 Å². The number of esters is 1. The highest BCUT2D eigenvalue weighted by Gasteiger charge is 2.42. The summed E-state index contributed by atoms with van der Waals surface area (Å²) in [6, 6.07) is 1.60. The van der Waals surface area contributed by atoms with Crippen molar-refractivity contribution in [3.05, 3.63) is 11.6 Å². The molecule has 0 aliphatic heterocycles. The van der Waals surface area contributed by atoms with Crippen molar-refractivity contribution in [1.82, 2.24) is 5.32 Å². The van der Waals surface area contributed by atoms with Crippen LogP contribution in [0.15, 0.2) is 11.0 Å². The summed E-state index contributed by atoms with van der Waals surface area (Å²) in [5, 5.41) is 2.59. The SMILES string of the molecule is CCCSc1c(OC)cc(CCNC(C)=O)c(OC)c1OC(=O)C(F)(F)F. The molecule has 1 N–H and O–H groups in total. The predicted octanol–water partition coefficient (Wildman–Crippen LogP) is 3.35. The Labute approximate surface area is 159 Å². The summed E-state index contributed by atoms with van der Waals surface area (Å²) in [7, 11) is 2.63. The Morgan fingerprint density at radius 3 is 2.33 bits per heavy atom. The number of hydrogen-bond acceptors (Lipinski definition) is 6. The van der Waals surface area contributed by atoms with Gasteiger partial charge in [0.05, 0.1) is 19.1 Å². The minimum Gasteiger partial charge on any atom is -0.495 e. The zero-order valence-electron chi connectivity index (χ0n) is 15.5. The van der Waals surface area contributed by atoms with Gasteiger partial charge in [-0.25, -0.2) is 4.79 Å². The van der Waals surface area contributed by atoms with Crippen molar-refractivity contribution in [3.63, 3.8) is 0 Å². The van der Waals surface area contributed by atoms with Crippen molar-refractivity contribution in [3.8, 4) is 17.2 Å². The maximum absolute atomic E-state index is 12.7. The van der Waals surface area contributed by atoms with E-state index in [1.165, 1.54) is 32.9 Å². The summed E-state index contributed by atoms with van der Waals surface area (Å²) in [5.41, 5.74) is 0.439. The summed E-state index contributed by atoms with van der Waals surface area (Å²) >= 11 is 1.20. The third kappa shape index (κ3) is 6.53. The lowest BCUT2D eigenvalue weighted by Crippen LogP contribution is -2.28. The largest absolute Gasteiger partial charge is 0.495 e. The lowest BCUT2D eigenvalue weighted by Gasteiger charge is -2.20. The number of amides is 1. The number of thioether (sulfide) groups is 1. The molecule has 27 heavy (non-hydrogen) atoms. The molecule has 1 aromatic carbocycles. The number of nitrogens with one attached hydrogen (secondary N) is 1. The fraction of sp³-hybridized carbons (Fsp3) is 0.529. The van der Waals surface area contributed by atoms with Crippen LogP contribution < -0.4 is 19.5 Å². The number of rotatable bonds is 9. The number of alkyl halides is 3. The van der Waals surface area contributed by atoms with Crippen molar-refractivity contribution in [2.24, 2.45) is 0 Å². The van der Waals surface area contributed by atoms with Gasteiger partial charge in [-0.05, 0) is 24.7 Å². The van der Waals surface area contributed by atoms with E-state index in [1.807, 2.05) is 6.92 Å². The summed E-state index contributed by atoms with van der Waals surface area (Å²) in [4.78, 5) is 22.7. The Bertz CT molecular complexity index is 680. The van der Waals surface area contributed by atoms with Gasteiger partial charge in [-0.2, -0.15) is 13.2 Å². The number of halogens is 3. The monoisotopic (exact) mass is 409 g/mol. The van der Waals surface area contributed by atoms with E-state index in [-0.39, 0.29) is 41.0 Å². The maximum atomic E-state index is 12.7. The van der Waals surface area contributed by atoms with Crippen LogP contribution in [0.3, 0.4) is 0 Å². The molecule has 0 atom stereocenters. The summed E-state index contributed by atoms with van der Waals surface area (Å²) < 4.78 is 53.4. The number of methoxy groups -OCH3 is 2. The molecule has 0 unspecified atom stereocenters. The highest BCUT2D eigenvalue weighted by atomic mass is 32.2. The average molecular weight is 409 g/mol. The van der Waals surface area contributed by atoms with Crippen LogP contribution in [0.2, 0.25) is 0 Å². The molecule has 0 saturated carbocycles. The molecule has 0 aliphatic rings. The van der Waals surface area contributed by atoms with E-state index in [0.717, 1.165) is 6.42 Å². The topological polar surface area (TPSA) is 73.9 Å². The Morgan fingerprint density at radius 2 is 1.85 bits per heavy atom. The van der Waals surface area contributed by atoms with Crippen LogP contribution in [0.25, 0.3) is 0 Å². The third-order valence-corrected chi connectivity index (χ3v) is 4.59. The van der Waals surface area contributed by atoms with Crippen molar-refractivity contribution in [2.75, 3.05) is 26.5 Å². The van der Waals surface area contributed by atoms with E-state index in [1.54, 1.807) is 6.07 Å². The molecule has 1 rings (SSSR count). The second-order valence-corrected chi connectivity index (χ2v) is 6.50. The second kappa shape index (κ2) is 10.3. The quantitative estimate of drug-likeness (QED) is 0.383. The number of benzene rings is 1. The van der Waals surface area contributed by atoms with Gasteiger partial charge in [0.1, 0.15) is 5.75 Å². The number of hydrogen-bond donors (Lipinski definition) is 1. The van der Waals surface area contributed by atoms with Crippen LogP contribution in [0.5, 0.6) is 17.2 Å². The highest BCUT2D eigenvalue weighted by Crippen LogP contribution is 2.47. The molecule has 1 aromatic rings. The minimum atomic E-state index is -5.16. The van der Waals surface area contributed by atoms with Gasteiger partial charge in [0.2, 0.25) is 5.91 Å². The highest BCUT2D eigenvalue weighted by molar-refractivity contribution is 7.99. The Balaban J connectivity index is 3.43. The second-order valence-electron chi connectivity index (χ2n) is 5.40. The van der Waals surface area contributed by atoms with Gasteiger partial charge >= 0.3 is 12.1 Å². The number of carbonyl (C=O) groups excluding carboxylic acids is 2. The zero-order chi connectivity index (χ0) is 20.6. The molecule has 0 heterocycles. The van der Waals surface area contributed by atoms with Crippen LogP contribution in [0, 0.1) is 0 Å². The first-order valence-electron chi connectivity index (χ1n) is 8.09. The van der Waals surface area contributed by atoms with Crippen LogP contribution in [-0.2, 0) is 16.0 Å². The first-order valence-corrected chi connectivity index (χ1v) is 9.08. The lowest BCUT2D eigenvalue weighted by molar-refractivity contribution is -0.190. The van der Waals surface area contributed by atoms with E-state index in [0.29, 0.717) is 11.3 Å². The van der Waals surface area contributed by atoms with E-state index in [9.17, 15) is 22.8 Å². The lowest BCUT2D eigenvalue weighted by atomic mass is 10.1. The molecule has 0 radical (unpaired) electrons. The molecule has 10 heteroatoms. The first kappa shape index (κ1) is 22.9. The van der Waals surface area contributed by atoms with Gasteiger partial charge in [0.25, 0.3) is 0 Å². The molecule has 1 amide bonds. The molecular weight excluding hydrogens is 387 g/mol. The van der Waals surface area contributed by atoms with Gasteiger partial charge in [-0.3, -0.25) is 4.79 Å². The van der Waals surface area contributed by atoms with Gasteiger partial charge in [0.15, 0.2) is 11.5 Å². The fourth-order valence-corrected chi connectivity index (χ4v) is 3.13. The summed E-state index contributed by atoms with van der Waals surface area (Å²) in [6.45, 7) is 3.47. The van der Waals surface area contributed by atoms with Crippen molar-refractivity contribution in [2.45, 2.75) is 37.8 Å². The fourth-order valence-electron chi connectivity index (χ4n) is 2.17. The van der Waals surface area contributed by atoms with Gasteiger partial charge in [-0.15, -0.1) is 11.8 Å². The van der Waals surface area contributed by atoms with Gasteiger partial charge in [0, 0.05) is 19.0 Å². The van der Waals surface area contributed by atoms with E-state index in [2.05, 4.69) is 10.1 Å². The molecule has 0 spiro atoms. The van der Waals surface area contributed by atoms with Gasteiger partial charge < -0.3 is 19.5 Å². The standard InChI is InChI=1S/C17H22F3NO5S/c1-5-8-27-15-12(24-3)9-11(6-7-21-10(2)22)13(25-4)14(15)26-16(23)17(18,19)20/h9H,5-8H2,1-4H3,(H,21,22). The summed E-state index contributed by atoms with van der Waals surface area (Å²) in [6.07, 6.45) is -4.17. The normalized spacial score (nSPS) is 11.1. The zero-order valence-corrected chi connectivity index (χ0v) is 16.3.